The first-order valence-electron chi connectivity index (χ1n) is 7.90. The van der Waals surface area contributed by atoms with E-state index in [-0.39, 0.29) is 6.61 Å². The fraction of sp³-hybridized carbons (Fsp3) is 0.438. The van der Waals surface area contributed by atoms with Crippen LogP contribution in [0.15, 0.2) is 4.79 Å². The van der Waals surface area contributed by atoms with Crippen molar-refractivity contribution < 1.29 is 20.1 Å². The molecule has 8 heteroatoms. The SMILES string of the molecule is CCn1c(CCO)nc2c1CCCc1c-2[nH]c(=O)c(C(=O)O)c1O. The van der Waals surface area contributed by atoms with E-state index in [1.54, 1.807) is 0 Å². The highest BCUT2D eigenvalue weighted by Crippen LogP contribution is 2.35. The molecule has 8 nitrogen and oxygen atoms in total. The lowest BCUT2D eigenvalue weighted by atomic mass is 10.0. The fourth-order valence-electron chi connectivity index (χ4n) is 3.36. The fourth-order valence-corrected chi connectivity index (χ4v) is 3.36. The summed E-state index contributed by atoms with van der Waals surface area (Å²) < 4.78 is 2.00. The van der Waals surface area contributed by atoms with Crippen LogP contribution in [0.25, 0.3) is 11.4 Å². The van der Waals surface area contributed by atoms with Crippen molar-refractivity contribution in [3.05, 3.63) is 33.0 Å². The van der Waals surface area contributed by atoms with Crippen LogP contribution in [0.2, 0.25) is 0 Å². The van der Waals surface area contributed by atoms with Crippen LogP contribution in [0.5, 0.6) is 5.75 Å². The highest BCUT2D eigenvalue weighted by atomic mass is 16.4. The van der Waals surface area contributed by atoms with Crippen LogP contribution in [0.3, 0.4) is 0 Å². The molecule has 0 atom stereocenters. The number of carboxylic acid groups (broad SMARTS) is 1. The number of nitrogens with one attached hydrogen (secondary N) is 1. The summed E-state index contributed by atoms with van der Waals surface area (Å²) in [6, 6.07) is 0. The van der Waals surface area contributed by atoms with Crippen LogP contribution in [0.4, 0.5) is 0 Å². The number of rotatable bonds is 4. The first-order chi connectivity index (χ1) is 11.5. The van der Waals surface area contributed by atoms with Crippen molar-refractivity contribution in [3.63, 3.8) is 0 Å². The molecule has 0 saturated heterocycles. The van der Waals surface area contributed by atoms with Crippen molar-refractivity contribution >= 4 is 5.97 Å². The Hall–Kier alpha value is -2.61. The van der Waals surface area contributed by atoms with Crippen LogP contribution in [-0.2, 0) is 25.8 Å². The lowest BCUT2D eigenvalue weighted by Gasteiger charge is -2.09. The smallest absolute Gasteiger partial charge is 0.345 e. The second-order valence-electron chi connectivity index (χ2n) is 5.73. The topological polar surface area (TPSA) is 128 Å². The maximum absolute atomic E-state index is 12.1. The summed E-state index contributed by atoms with van der Waals surface area (Å²) >= 11 is 0. The molecule has 1 aliphatic carbocycles. The van der Waals surface area contributed by atoms with Crippen LogP contribution < -0.4 is 5.56 Å². The number of aromatic carboxylic acids is 1. The number of aliphatic hydroxyl groups excluding tert-OH is 1. The highest BCUT2D eigenvalue weighted by Gasteiger charge is 2.28. The summed E-state index contributed by atoms with van der Waals surface area (Å²) in [4.78, 5) is 30.4. The molecule has 0 unspecified atom stereocenters. The van der Waals surface area contributed by atoms with E-state index in [1.807, 2.05) is 11.5 Å². The van der Waals surface area contributed by atoms with Crippen molar-refractivity contribution in [2.75, 3.05) is 6.61 Å². The van der Waals surface area contributed by atoms with Gasteiger partial charge in [0.05, 0.1) is 12.3 Å². The normalized spacial score (nSPS) is 13.2. The predicted octanol–water partition coefficient (Wildman–Crippen LogP) is 0.686. The van der Waals surface area contributed by atoms with Gasteiger partial charge in [-0.15, -0.1) is 0 Å². The molecule has 128 valence electrons. The van der Waals surface area contributed by atoms with E-state index in [9.17, 15) is 19.8 Å². The second-order valence-corrected chi connectivity index (χ2v) is 5.73. The molecule has 0 aliphatic heterocycles. The summed E-state index contributed by atoms with van der Waals surface area (Å²) in [5.41, 5.74) is 0.780. The molecule has 4 N–H and O–H groups in total. The molecule has 2 heterocycles. The van der Waals surface area contributed by atoms with Gasteiger partial charge >= 0.3 is 5.97 Å². The number of carbonyl (C=O) groups is 1. The summed E-state index contributed by atoms with van der Waals surface area (Å²) in [5.74, 6) is -1.23. The number of imidazole rings is 1. The number of hydrogen-bond acceptors (Lipinski definition) is 5. The number of fused-ring (bicyclic) bond motifs is 3. The second kappa shape index (κ2) is 6.12. The molecule has 0 amide bonds. The van der Waals surface area contributed by atoms with Gasteiger partial charge < -0.3 is 24.9 Å². The molecule has 24 heavy (non-hydrogen) atoms. The molecule has 2 aromatic rings. The van der Waals surface area contributed by atoms with Gasteiger partial charge in [-0.1, -0.05) is 0 Å². The zero-order valence-corrected chi connectivity index (χ0v) is 13.3. The minimum absolute atomic E-state index is 0.0392. The predicted molar refractivity (Wildman–Crippen MR) is 85.4 cm³/mol. The number of pyridine rings is 1. The van der Waals surface area contributed by atoms with Crippen LogP contribution in [0.1, 0.15) is 40.8 Å². The number of aromatic hydroxyl groups is 1. The van der Waals surface area contributed by atoms with Gasteiger partial charge in [0.2, 0.25) is 0 Å². The molecule has 0 saturated carbocycles. The Kier molecular flexibility index (Phi) is 4.15. The summed E-state index contributed by atoms with van der Waals surface area (Å²) in [7, 11) is 0. The van der Waals surface area contributed by atoms with Gasteiger partial charge in [-0.3, -0.25) is 4.79 Å². The van der Waals surface area contributed by atoms with Crippen LogP contribution in [-0.4, -0.2) is 42.4 Å². The van der Waals surface area contributed by atoms with Gasteiger partial charge in [0, 0.05) is 24.2 Å². The highest BCUT2D eigenvalue weighted by molar-refractivity contribution is 5.91. The lowest BCUT2D eigenvalue weighted by Crippen LogP contribution is -2.20. The van der Waals surface area contributed by atoms with E-state index >= 15 is 0 Å². The maximum atomic E-state index is 12.1. The quantitative estimate of drug-likeness (QED) is 0.651. The molecule has 3 rings (SSSR count). The zero-order valence-electron chi connectivity index (χ0n) is 13.3. The number of hydrogen-bond donors (Lipinski definition) is 4. The van der Waals surface area contributed by atoms with Crippen molar-refractivity contribution in [2.24, 2.45) is 0 Å². The van der Waals surface area contributed by atoms with Crippen molar-refractivity contribution in [2.45, 2.75) is 39.2 Å². The molecular weight excluding hydrogens is 314 g/mol. The van der Waals surface area contributed by atoms with E-state index in [1.165, 1.54) is 0 Å². The largest absolute Gasteiger partial charge is 0.506 e. The van der Waals surface area contributed by atoms with E-state index in [4.69, 9.17) is 5.11 Å². The molecule has 0 aromatic carbocycles. The van der Waals surface area contributed by atoms with E-state index < -0.39 is 22.8 Å². The molecule has 0 fully saturated rings. The minimum Gasteiger partial charge on any atom is -0.506 e. The van der Waals surface area contributed by atoms with E-state index in [2.05, 4.69) is 9.97 Å². The van der Waals surface area contributed by atoms with Gasteiger partial charge in [-0.2, -0.15) is 0 Å². The standard InChI is InChI=1S/C16H19N3O5/c1-2-19-9-5-3-4-8-12(13(9)17-10(19)6-7-20)18-15(22)11(14(8)21)16(23)24/h20H,2-7H2,1H3,(H,23,24)(H2,18,21,22). The van der Waals surface area contributed by atoms with E-state index in [0.29, 0.717) is 55.0 Å². The van der Waals surface area contributed by atoms with Gasteiger partial charge in [0.15, 0.2) is 5.56 Å². The monoisotopic (exact) mass is 333 g/mol. The number of aromatic nitrogens is 3. The van der Waals surface area contributed by atoms with Gasteiger partial charge in [-0.25, -0.2) is 9.78 Å². The summed E-state index contributed by atoms with van der Waals surface area (Å²) in [6.45, 7) is 2.61. The van der Waals surface area contributed by atoms with Gasteiger partial charge in [0.25, 0.3) is 5.56 Å². The zero-order chi connectivity index (χ0) is 17.4. The van der Waals surface area contributed by atoms with Gasteiger partial charge in [0.1, 0.15) is 17.3 Å². The maximum Gasteiger partial charge on any atom is 0.345 e. The number of aromatic amines is 1. The van der Waals surface area contributed by atoms with Crippen molar-refractivity contribution in [1.29, 1.82) is 0 Å². The Balaban J connectivity index is 2.30. The molecule has 0 radical (unpaired) electrons. The average molecular weight is 333 g/mol. The van der Waals surface area contributed by atoms with Crippen LogP contribution in [0, 0.1) is 0 Å². The number of nitrogens with zero attached hydrogens (tertiary/aromatic N) is 2. The van der Waals surface area contributed by atoms with Gasteiger partial charge in [-0.05, 0) is 26.2 Å². The summed E-state index contributed by atoms with van der Waals surface area (Å²) in [6.07, 6.45) is 2.23. The molecule has 2 aromatic heterocycles. The Morgan fingerprint density at radius 3 is 2.75 bits per heavy atom. The molecular formula is C16H19N3O5. The Morgan fingerprint density at radius 2 is 2.12 bits per heavy atom. The molecule has 0 spiro atoms. The average Bonchev–Trinajstić information content (AvgIpc) is 2.76. The number of H-pyrrole nitrogens is 1. The lowest BCUT2D eigenvalue weighted by molar-refractivity contribution is 0.0691. The number of aliphatic hydroxyl groups is 1. The third-order valence-corrected chi connectivity index (χ3v) is 4.38. The first kappa shape index (κ1) is 16.3. The Bertz CT molecular complexity index is 866. The third-order valence-electron chi connectivity index (χ3n) is 4.38. The molecule has 1 aliphatic rings. The Labute approximate surface area is 137 Å². The minimum atomic E-state index is -1.46. The first-order valence-corrected chi connectivity index (χ1v) is 7.90. The number of carboxylic acids is 1. The van der Waals surface area contributed by atoms with Crippen molar-refractivity contribution in [3.8, 4) is 17.1 Å². The van der Waals surface area contributed by atoms with Crippen LogP contribution >= 0.6 is 0 Å². The molecule has 0 bridgehead atoms. The van der Waals surface area contributed by atoms with E-state index in [0.717, 1.165) is 5.69 Å². The van der Waals surface area contributed by atoms with Crippen molar-refractivity contribution in [1.82, 2.24) is 14.5 Å². The third kappa shape index (κ3) is 2.39. The Morgan fingerprint density at radius 1 is 1.38 bits per heavy atom. The summed E-state index contributed by atoms with van der Waals surface area (Å²) in [5, 5.41) is 28.7.